The van der Waals surface area contributed by atoms with Crippen LogP contribution < -0.4 is 20.7 Å². The van der Waals surface area contributed by atoms with Crippen LogP contribution in [0.15, 0.2) is 24.3 Å². The molecule has 1 saturated heterocycles. The molecule has 0 spiro atoms. The number of carboxylic acids is 1. The molecule has 1 aliphatic rings. The molecule has 3 amide bonds. The van der Waals surface area contributed by atoms with Gasteiger partial charge >= 0.3 is 17.9 Å². The van der Waals surface area contributed by atoms with E-state index in [-0.39, 0.29) is 5.75 Å². The summed E-state index contributed by atoms with van der Waals surface area (Å²) < 4.78 is 10.8. The van der Waals surface area contributed by atoms with Crippen LogP contribution in [0, 0.1) is 0 Å². The highest BCUT2D eigenvalue weighted by Gasteiger charge is 2.45. The number of urea groups is 1. The minimum atomic E-state index is -1.72. The maximum Gasteiger partial charge on any atom is 0.394 e. The lowest BCUT2D eigenvalue weighted by Crippen LogP contribution is -2.61. The van der Waals surface area contributed by atoms with E-state index in [0.717, 1.165) is 0 Å². The molecule has 0 aromatic heterocycles. The van der Waals surface area contributed by atoms with E-state index in [4.69, 9.17) is 14.6 Å². The van der Waals surface area contributed by atoms with Crippen LogP contribution in [0.5, 0.6) is 5.75 Å². The molecule has 154 valence electrons. The Hall–Kier alpha value is -2.93. The van der Waals surface area contributed by atoms with Gasteiger partial charge in [-0.05, 0) is 24.3 Å². The van der Waals surface area contributed by atoms with E-state index < -0.39 is 55.2 Å². The van der Waals surface area contributed by atoms with Crippen molar-refractivity contribution in [1.82, 2.24) is 10.6 Å². The second-order valence-electron chi connectivity index (χ2n) is 5.88. The van der Waals surface area contributed by atoms with Gasteiger partial charge in [-0.15, -0.1) is 0 Å². The fraction of sp³-hybridized carbons (Fsp3) is 0.438. The average Bonchev–Trinajstić information content (AvgIpc) is 2.68. The summed E-state index contributed by atoms with van der Waals surface area (Å²) in [5, 5.41) is 45.5. The number of benzene rings is 1. The normalized spacial score (nSPS) is 26.8. The number of aliphatic carboxylic acids is 1. The van der Waals surface area contributed by atoms with Crippen LogP contribution in [-0.4, -0.2) is 82.6 Å². The van der Waals surface area contributed by atoms with Crippen LogP contribution in [0.1, 0.15) is 0 Å². The van der Waals surface area contributed by atoms with E-state index in [0.29, 0.717) is 5.69 Å². The molecule has 0 unspecified atom stereocenters. The molecule has 1 fully saturated rings. The van der Waals surface area contributed by atoms with E-state index in [1.807, 2.05) is 5.32 Å². The third-order valence-corrected chi connectivity index (χ3v) is 3.92. The summed E-state index contributed by atoms with van der Waals surface area (Å²) in [5.41, 5.74) is 0.474. The van der Waals surface area contributed by atoms with Crippen LogP contribution in [0.25, 0.3) is 0 Å². The summed E-state index contributed by atoms with van der Waals surface area (Å²) in [4.78, 5) is 32.9. The molecule has 0 aliphatic carbocycles. The number of anilines is 1. The van der Waals surface area contributed by atoms with Crippen LogP contribution in [0.3, 0.4) is 0 Å². The van der Waals surface area contributed by atoms with Gasteiger partial charge in [-0.2, -0.15) is 0 Å². The number of hydrogen-bond acceptors (Lipinski definition) is 8. The summed E-state index contributed by atoms with van der Waals surface area (Å²) in [5.74, 6) is -2.80. The zero-order valence-corrected chi connectivity index (χ0v) is 14.7. The van der Waals surface area contributed by atoms with Gasteiger partial charge in [0.25, 0.3) is 0 Å². The monoisotopic (exact) mass is 399 g/mol. The van der Waals surface area contributed by atoms with Gasteiger partial charge in [-0.1, -0.05) is 0 Å². The highest BCUT2D eigenvalue weighted by Crippen LogP contribution is 2.25. The summed E-state index contributed by atoms with van der Waals surface area (Å²) in [6.07, 6.45) is -7.46. The maximum absolute atomic E-state index is 11.3. The molecular formula is C16H21N3O9. The number of aliphatic hydroxyl groups is 3. The van der Waals surface area contributed by atoms with E-state index in [1.54, 1.807) is 0 Å². The van der Waals surface area contributed by atoms with E-state index in [2.05, 4.69) is 10.6 Å². The van der Waals surface area contributed by atoms with Gasteiger partial charge in [0.1, 0.15) is 30.2 Å². The van der Waals surface area contributed by atoms with Gasteiger partial charge in [0.15, 0.2) is 0 Å². The van der Waals surface area contributed by atoms with Crippen LogP contribution in [-0.2, 0) is 14.3 Å². The Labute approximate surface area is 159 Å². The summed E-state index contributed by atoms with van der Waals surface area (Å²) >= 11 is 0. The zero-order valence-electron chi connectivity index (χ0n) is 14.7. The Balaban J connectivity index is 2.01. The number of carbonyl (C=O) groups is 3. The SMILES string of the molecule is CNC(=O)Nc1ccc(O[C@H]2O[C@H](CNC(=O)C(=O)O)[C@@H](O)[C@H](O)[C@@H]2O)cc1. The standard InChI is InChI=1S/C16H21N3O9/c1-17-16(26)19-7-2-4-8(5-3-7)27-15-12(22)11(21)10(20)9(28-15)6-18-13(23)14(24)25/h2-5,9-12,15,20-22H,6H2,1H3,(H,18,23)(H,24,25)(H2,17,19,26)/t9-,10-,11+,12+,15+/m1/s1. The van der Waals surface area contributed by atoms with Crippen molar-refractivity contribution < 1.29 is 44.3 Å². The van der Waals surface area contributed by atoms with E-state index >= 15 is 0 Å². The fourth-order valence-corrected chi connectivity index (χ4v) is 2.40. The van der Waals surface area contributed by atoms with Crippen molar-refractivity contribution in [3.05, 3.63) is 24.3 Å². The number of hydrogen-bond donors (Lipinski definition) is 7. The highest BCUT2D eigenvalue weighted by atomic mass is 16.7. The van der Waals surface area contributed by atoms with Crippen molar-refractivity contribution in [3.63, 3.8) is 0 Å². The lowest BCUT2D eigenvalue weighted by molar-refractivity contribution is -0.270. The number of amides is 3. The second-order valence-corrected chi connectivity index (χ2v) is 5.88. The first kappa shape index (κ1) is 21.4. The molecule has 0 bridgehead atoms. The molecule has 1 aliphatic heterocycles. The predicted octanol–water partition coefficient (Wildman–Crippen LogP) is -2.17. The average molecular weight is 399 g/mol. The van der Waals surface area contributed by atoms with Crippen molar-refractivity contribution >= 4 is 23.6 Å². The van der Waals surface area contributed by atoms with Crippen molar-refractivity contribution in [2.75, 3.05) is 18.9 Å². The van der Waals surface area contributed by atoms with Gasteiger partial charge < -0.3 is 45.9 Å². The van der Waals surface area contributed by atoms with Crippen LogP contribution in [0.2, 0.25) is 0 Å². The van der Waals surface area contributed by atoms with Gasteiger partial charge in [0, 0.05) is 19.3 Å². The minimum absolute atomic E-state index is 0.225. The lowest BCUT2D eigenvalue weighted by atomic mass is 9.99. The highest BCUT2D eigenvalue weighted by molar-refractivity contribution is 6.31. The number of rotatable bonds is 5. The smallest absolute Gasteiger partial charge is 0.394 e. The van der Waals surface area contributed by atoms with Crippen LogP contribution >= 0.6 is 0 Å². The molecule has 0 radical (unpaired) electrons. The molecule has 12 nitrogen and oxygen atoms in total. The number of aliphatic hydroxyl groups excluding tert-OH is 3. The molecule has 12 heteroatoms. The van der Waals surface area contributed by atoms with Gasteiger partial charge in [-0.25, -0.2) is 9.59 Å². The van der Waals surface area contributed by atoms with Gasteiger partial charge in [0.2, 0.25) is 6.29 Å². The fourth-order valence-electron chi connectivity index (χ4n) is 2.40. The Morgan fingerprint density at radius 2 is 1.71 bits per heavy atom. The van der Waals surface area contributed by atoms with Crippen molar-refractivity contribution in [2.45, 2.75) is 30.7 Å². The molecule has 1 aromatic carbocycles. The molecule has 5 atom stereocenters. The van der Waals surface area contributed by atoms with Crippen molar-refractivity contribution in [2.24, 2.45) is 0 Å². The summed E-state index contributed by atoms with van der Waals surface area (Å²) in [7, 11) is 1.46. The molecular weight excluding hydrogens is 378 g/mol. The quantitative estimate of drug-likeness (QED) is 0.270. The van der Waals surface area contributed by atoms with Crippen molar-refractivity contribution in [3.8, 4) is 5.75 Å². The van der Waals surface area contributed by atoms with Gasteiger partial charge in [0.05, 0.1) is 0 Å². The minimum Gasteiger partial charge on any atom is -0.474 e. The summed E-state index contributed by atoms with van der Waals surface area (Å²) in [6, 6.07) is 5.58. The number of nitrogens with one attached hydrogen (secondary N) is 3. The molecule has 28 heavy (non-hydrogen) atoms. The first-order valence-corrected chi connectivity index (χ1v) is 8.19. The topological polar surface area (TPSA) is 187 Å². The van der Waals surface area contributed by atoms with E-state index in [1.165, 1.54) is 31.3 Å². The number of carboxylic acid groups (broad SMARTS) is 1. The largest absolute Gasteiger partial charge is 0.474 e. The summed E-state index contributed by atoms with van der Waals surface area (Å²) in [6.45, 7) is -0.426. The molecule has 0 saturated carbocycles. The molecule has 1 heterocycles. The number of carbonyl (C=O) groups excluding carboxylic acids is 2. The Kier molecular flexibility index (Phi) is 7.12. The second kappa shape index (κ2) is 9.32. The lowest BCUT2D eigenvalue weighted by Gasteiger charge is -2.40. The molecule has 1 aromatic rings. The Morgan fingerprint density at radius 3 is 2.29 bits per heavy atom. The Morgan fingerprint density at radius 1 is 1.07 bits per heavy atom. The maximum atomic E-state index is 11.3. The Bertz CT molecular complexity index is 712. The zero-order chi connectivity index (χ0) is 20.8. The van der Waals surface area contributed by atoms with Crippen molar-refractivity contribution in [1.29, 1.82) is 0 Å². The van der Waals surface area contributed by atoms with E-state index in [9.17, 15) is 29.7 Å². The molecule has 7 N–H and O–H groups in total. The van der Waals surface area contributed by atoms with Gasteiger partial charge in [-0.3, -0.25) is 4.79 Å². The predicted molar refractivity (Wildman–Crippen MR) is 92.5 cm³/mol. The first-order chi connectivity index (χ1) is 13.2. The first-order valence-electron chi connectivity index (χ1n) is 8.19. The number of ether oxygens (including phenoxy) is 2. The molecule has 2 rings (SSSR count). The third-order valence-electron chi connectivity index (χ3n) is 3.92. The third kappa shape index (κ3) is 5.29. The van der Waals surface area contributed by atoms with Crippen LogP contribution in [0.4, 0.5) is 10.5 Å².